The number of hydrogen-bond acceptors (Lipinski definition) is 2. The molecule has 0 spiro atoms. The van der Waals surface area contributed by atoms with Crippen LogP contribution in [0.25, 0.3) is 66.1 Å². The van der Waals surface area contributed by atoms with Crippen LogP contribution >= 0.6 is 0 Å². The molecule has 464 valence electrons. The molecule has 2 aliphatic rings. The van der Waals surface area contributed by atoms with Crippen molar-refractivity contribution in [1.29, 1.82) is 0 Å². The maximum atomic E-state index is 2.57. The molecule has 0 heterocycles. The van der Waals surface area contributed by atoms with Crippen LogP contribution in [-0.2, 0) is 16.2 Å². The van der Waals surface area contributed by atoms with Gasteiger partial charge in [0.2, 0.25) is 0 Å². The lowest BCUT2D eigenvalue weighted by Crippen LogP contribution is -2.28. The van der Waals surface area contributed by atoms with E-state index in [2.05, 4.69) is 396 Å². The van der Waals surface area contributed by atoms with Gasteiger partial charge in [-0.05, 0) is 218 Å². The third-order valence-electron chi connectivity index (χ3n) is 20.9. The monoisotopic (exact) mass is 1240 g/mol. The Bertz CT molecular complexity index is 5300. The Morgan fingerprint density at radius 2 is 0.567 bits per heavy atom. The van der Waals surface area contributed by atoms with E-state index in [0.717, 1.165) is 66.8 Å². The molecule has 0 bridgehead atoms. The molecule has 0 saturated heterocycles. The molecule has 0 N–H and O–H groups in total. The minimum Gasteiger partial charge on any atom is -0.310 e. The van der Waals surface area contributed by atoms with Gasteiger partial charge in [0.15, 0.2) is 0 Å². The van der Waals surface area contributed by atoms with Crippen molar-refractivity contribution in [3.05, 3.63) is 407 Å². The van der Waals surface area contributed by atoms with Crippen molar-refractivity contribution < 1.29 is 0 Å². The maximum Gasteiger partial charge on any atom is 0.0713 e. The number of anilines is 6. The van der Waals surface area contributed by atoms with Gasteiger partial charge in [-0.2, -0.15) is 0 Å². The molecule has 2 aliphatic carbocycles. The van der Waals surface area contributed by atoms with Gasteiger partial charge in [0, 0.05) is 34.1 Å². The van der Waals surface area contributed by atoms with E-state index in [1.54, 1.807) is 0 Å². The SMILES string of the molecule is CC(C)c1ccc(N(c2ccc(C(C)(C)C)cc2)c2ccc3c(-c4ccc5c(c4)C(c4ccccc4)(c4ccccc4)c4ccccc4-5)c4cc(N(c5ccccc5)c5ccccc5)ccc4c(-c4ccc5c(c4)C(c4ccccc4)(c4ccccc4)c4ccccc4-5)c3c2)cc1. The van der Waals surface area contributed by atoms with Crippen LogP contribution in [0.3, 0.4) is 0 Å². The molecule has 0 amide bonds. The van der Waals surface area contributed by atoms with Crippen LogP contribution in [-0.4, -0.2) is 0 Å². The van der Waals surface area contributed by atoms with Crippen molar-refractivity contribution >= 4 is 55.7 Å². The molecule has 0 saturated carbocycles. The van der Waals surface area contributed by atoms with E-state index >= 15 is 0 Å². The molecule has 0 aliphatic heterocycles. The van der Waals surface area contributed by atoms with Gasteiger partial charge in [0.05, 0.1) is 10.8 Å². The zero-order valence-corrected chi connectivity index (χ0v) is 55.5. The normalized spacial score (nSPS) is 13.3. The minimum absolute atomic E-state index is 0.0191. The maximum absolute atomic E-state index is 2.57. The Hall–Kier alpha value is -11.6. The van der Waals surface area contributed by atoms with E-state index in [1.165, 1.54) is 89.0 Å². The molecule has 0 aromatic heterocycles. The topological polar surface area (TPSA) is 6.48 Å². The Labute approximate surface area is 570 Å². The highest BCUT2D eigenvalue weighted by molar-refractivity contribution is 6.23. The first-order valence-electron chi connectivity index (χ1n) is 34.2. The largest absolute Gasteiger partial charge is 0.310 e. The van der Waals surface area contributed by atoms with E-state index in [1.807, 2.05) is 0 Å². The van der Waals surface area contributed by atoms with Gasteiger partial charge < -0.3 is 9.80 Å². The number of fused-ring (bicyclic) bond motifs is 8. The average Bonchev–Trinajstić information content (AvgIpc) is 1.60. The summed E-state index contributed by atoms with van der Waals surface area (Å²) in [6.45, 7) is 11.4. The summed E-state index contributed by atoms with van der Waals surface area (Å²) in [7, 11) is 0. The average molecular weight is 1240 g/mol. The van der Waals surface area contributed by atoms with E-state index in [4.69, 9.17) is 0 Å². The first-order valence-corrected chi connectivity index (χ1v) is 34.2. The molecule has 2 nitrogen and oxygen atoms in total. The Balaban J connectivity index is 1.02. The van der Waals surface area contributed by atoms with Gasteiger partial charge in [0.25, 0.3) is 0 Å². The fourth-order valence-electron chi connectivity index (χ4n) is 16.5. The van der Waals surface area contributed by atoms with Gasteiger partial charge in [-0.15, -0.1) is 0 Å². The van der Waals surface area contributed by atoms with E-state index < -0.39 is 10.8 Å². The van der Waals surface area contributed by atoms with Gasteiger partial charge in [-0.3, -0.25) is 0 Å². The van der Waals surface area contributed by atoms with E-state index in [9.17, 15) is 0 Å². The molecule has 0 fully saturated rings. The molecule has 15 aromatic rings. The van der Waals surface area contributed by atoms with Crippen LogP contribution < -0.4 is 9.80 Å². The lowest BCUT2D eigenvalue weighted by Gasteiger charge is -2.34. The van der Waals surface area contributed by atoms with Gasteiger partial charge in [-0.25, -0.2) is 0 Å². The second kappa shape index (κ2) is 23.7. The van der Waals surface area contributed by atoms with Gasteiger partial charge in [-0.1, -0.05) is 302 Å². The molecular weight excluding hydrogens is 1170 g/mol. The van der Waals surface area contributed by atoms with Crippen LogP contribution in [0.4, 0.5) is 34.1 Å². The molecule has 15 aromatic carbocycles. The third kappa shape index (κ3) is 9.60. The number of hydrogen-bond donors (Lipinski definition) is 0. The van der Waals surface area contributed by atoms with Crippen molar-refractivity contribution in [2.45, 2.75) is 56.8 Å². The summed E-state index contributed by atoms with van der Waals surface area (Å²) in [5.74, 6) is 0.387. The highest BCUT2D eigenvalue weighted by Gasteiger charge is 2.48. The van der Waals surface area contributed by atoms with Crippen LogP contribution in [0.1, 0.15) is 96.2 Å². The molecule has 0 unspecified atom stereocenters. The van der Waals surface area contributed by atoms with Crippen LogP contribution in [0.5, 0.6) is 0 Å². The smallest absolute Gasteiger partial charge is 0.0713 e. The fraction of sp³-hybridized carbons (Fsp3) is 0.0947. The van der Waals surface area contributed by atoms with Crippen LogP contribution in [0.15, 0.2) is 352 Å². The summed E-state index contributed by atoms with van der Waals surface area (Å²) < 4.78 is 0. The Morgan fingerprint density at radius 1 is 0.258 bits per heavy atom. The molecule has 2 heteroatoms. The van der Waals surface area contributed by atoms with Crippen molar-refractivity contribution in [3.63, 3.8) is 0 Å². The summed E-state index contributed by atoms with van der Waals surface area (Å²) in [5.41, 5.74) is 27.6. The lowest BCUT2D eigenvalue weighted by atomic mass is 9.67. The fourth-order valence-corrected chi connectivity index (χ4v) is 16.5. The first kappa shape index (κ1) is 59.2. The van der Waals surface area contributed by atoms with Crippen LogP contribution in [0.2, 0.25) is 0 Å². The summed E-state index contributed by atoms with van der Waals surface area (Å²) in [6, 6.07) is 133. The van der Waals surface area contributed by atoms with Gasteiger partial charge in [0.1, 0.15) is 0 Å². The van der Waals surface area contributed by atoms with Gasteiger partial charge >= 0.3 is 0 Å². The second-order valence-corrected chi connectivity index (χ2v) is 27.7. The predicted octanol–water partition coefficient (Wildman–Crippen LogP) is 25.4. The first-order chi connectivity index (χ1) is 47.6. The standard InChI is InChI=1S/C95H74N2/c1-64(2)65-44-50-75(51-45-65)97(76-52-48-68(49-53-76)93(3,4)5)78-55-59-84-86(63-78)92(67-47-57-82-80-41-25-27-43-88(80)95(90(82)61-67,71-32-16-8-17-33-71)72-34-18-9-19-35-72)83-58-54-77(96(73-36-20-10-21-37-73)74-38-22-11-23-39-74)62-85(83)91(84)66-46-56-81-79-40-24-26-42-87(79)94(89(81)60-66,69-28-12-6-13-29-69)70-30-14-7-15-31-70/h6-64H,1-5H3. The molecular formula is C95H74N2. The Morgan fingerprint density at radius 3 is 0.928 bits per heavy atom. The summed E-state index contributed by atoms with van der Waals surface area (Å²) in [5, 5.41) is 4.64. The number of para-hydroxylation sites is 2. The van der Waals surface area contributed by atoms with Crippen LogP contribution in [0, 0.1) is 0 Å². The zero-order valence-electron chi connectivity index (χ0n) is 55.5. The third-order valence-corrected chi connectivity index (χ3v) is 20.9. The summed E-state index contributed by atoms with van der Waals surface area (Å²) in [6.07, 6.45) is 0. The molecule has 0 atom stereocenters. The molecule has 17 rings (SSSR count). The molecule has 0 radical (unpaired) electrons. The second-order valence-electron chi connectivity index (χ2n) is 27.7. The number of nitrogens with zero attached hydrogens (tertiary/aromatic N) is 2. The summed E-state index contributed by atoms with van der Waals surface area (Å²) >= 11 is 0. The summed E-state index contributed by atoms with van der Waals surface area (Å²) in [4.78, 5) is 4.89. The van der Waals surface area contributed by atoms with Crippen molar-refractivity contribution in [2.75, 3.05) is 9.80 Å². The quantitative estimate of drug-likeness (QED) is 0.106. The highest BCUT2D eigenvalue weighted by Crippen LogP contribution is 2.60. The van der Waals surface area contributed by atoms with Crippen molar-refractivity contribution in [1.82, 2.24) is 0 Å². The van der Waals surface area contributed by atoms with E-state index in [-0.39, 0.29) is 5.41 Å². The molecule has 97 heavy (non-hydrogen) atoms. The zero-order chi connectivity index (χ0) is 65.4. The van der Waals surface area contributed by atoms with Crippen molar-refractivity contribution in [2.24, 2.45) is 0 Å². The lowest BCUT2D eigenvalue weighted by molar-refractivity contribution is 0.590. The van der Waals surface area contributed by atoms with E-state index in [0.29, 0.717) is 5.92 Å². The predicted molar refractivity (Wildman–Crippen MR) is 409 cm³/mol. The highest BCUT2D eigenvalue weighted by atomic mass is 15.1. The minimum atomic E-state index is -0.621. The van der Waals surface area contributed by atoms with Crippen molar-refractivity contribution in [3.8, 4) is 44.5 Å². The Kier molecular flexibility index (Phi) is 14.5. The number of benzene rings is 15. The number of rotatable bonds is 13.